The fourth-order valence-electron chi connectivity index (χ4n) is 2.12. The molecule has 0 unspecified atom stereocenters. The Morgan fingerprint density at radius 3 is 2.89 bits per heavy atom. The molecule has 96 valence electrons. The van der Waals surface area contributed by atoms with E-state index in [1.54, 1.807) is 0 Å². The van der Waals surface area contributed by atoms with E-state index in [4.69, 9.17) is 0 Å². The molecular formula is C11H13N3O2S2. The molecule has 1 aliphatic heterocycles. The predicted octanol–water partition coefficient (Wildman–Crippen LogP) is 1.17. The van der Waals surface area contributed by atoms with Crippen LogP contribution >= 0.6 is 11.3 Å². The third kappa shape index (κ3) is 2.00. The van der Waals surface area contributed by atoms with Crippen LogP contribution in [0, 0.1) is 11.3 Å². The van der Waals surface area contributed by atoms with Gasteiger partial charge in [-0.1, -0.05) is 0 Å². The lowest BCUT2D eigenvalue weighted by Crippen LogP contribution is -2.22. The van der Waals surface area contributed by atoms with E-state index in [0.29, 0.717) is 10.6 Å². The Morgan fingerprint density at radius 2 is 2.22 bits per heavy atom. The molecule has 1 aromatic heterocycles. The molecule has 1 aliphatic carbocycles. The summed E-state index contributed by atoms with van der Waals surface area (Å²) in [4.78, 5) is 1.08. The Kier molecular flexibility index (Phi) is 2.81. The van der Waals surface area contributed by atoms with E-state index in [0.717, 1.165) is 42.8 Å². The number of nitrogens with zero attached hydrogens (tertiary/aromatic N) is 1. The van der Waals surface area contributed by atoms with Crippen LogP contribution in [-0.4, -0.2) is 20.2 Å². The fourth-order valence-corrected chi connectivity index (χ4v) is 4.93. The van der Waals surface area contributed by atoms with Crippen molar-refractivity contribution in [3.63, 3.8) is 0 Å². The van der Waals surface area contributed by atoms with Crippen molar-refractivity contribution in [2.75, 3.05) is 11.3 Å². The smallest absolute Gasteiger partial charge is 0.236 e. The highest BCUT2D eigenvalue weighted by molar-refractivity contribution is 7.93. The molecule has 18 heavy (non-hydrogen) atoms. The molecule has 0 amide bonds. The van der Waals surface area contributed by atoms with Crippen molar-refractivity contribution < 1.29 is 8.42 Å². The Morgan fingerprint density at radius 1 is 1.44 bits per heavy atom. The van der Waals surface area contributed by atoms with Crippen molar-refractivity contribution in [3.05, 3.63) is 16.0 Å². The third-order valence-corrected chi connectivity index (χ3v) is 6.35. The monoisotopic (exact) mass is 283 g/mol. The number of thiophene rings is 1. The molecule has 7 heteroatoms. The van der Waals surface area contributed by atoms with Gasteiger partial charge in [-0.3, -0.25) is 4.72 Å². The van der Waals surface area contributed by atoms with Crippen LogP contribution in [0.2, 0.25) is 0 Å². The second kappa shape index (κ2) is 4.23. The Labute approximate surface area is 110 Å². The van der Waals surface area contributed by atoms with Crippen molar-refractivity contribution in [2.24, 2.45) is 0 Å². The number of hydrogen-bond acceptors (Lipinski definition) is 5. The summed E-state index contributed by atoms with van der Waals surface area (Å²) in [5, 5.41) is 12.7. The maximum Gasteiger partial charge on any atom is 0.236 e. The first-order valence-electron chi connectivity index (χ1n) is 5.89. The molecule has 0 spiro atoms. The molecule has 0 atom stereocenters. The molecular weight excluding hydrogens is 270 g/mol. The number of sulfonamides is 1. The van der Waals surface area contributed by atoms with E-state index in [9.17, 15) is 13.7 Å². The third-order valence-electron chi connectivity index (χ3n) is 3.24. The first kappa shape index (κ1) is 12.0. The lowest BCUT2D eigenvalue weighted by Gasteiger charge is -2.11. The van der Waals surface area contributed by atoms with Crippen LogP contribution in [0.5, 0.6) is 0 Å². The van der Waals surface area contributed by atoms with Gasteiger partial charge in [0, 0.05) is 11.4 Å². The minimum atomic E-state index is -3.28. The van der Waals surface area contributed by atoms with Gasteiger partial charge in [-0.2, -0.15) is 5.26 Å². The topological polar surface area (TPSA) is 82.0 Å². The van der Waals surface area contributed by atoms with E-state index in [2.05, 4.69) is 16.1 Å². The van der Waals surface area contributed by atoms with Gasteiger partial charge in [0.25, 0.3) is 0 Å². The minimum Gasteiger partial charge on any atom is -0.312 e. The molecule has 1 aromatic rings. The van der Waals surface area contributed by atoms with E-state index in [1.165, 1.54) is 11.3 Å². The van der Waals surface area contributed by atoms with Gasteiger partial charge in [0.15, 0.2) is 0 Å². The highest BCUT2D eigenvalue weighted by atomic mass is 32.2. The van der Waals surface area contributed by atoms with Gasteiger partial charge in [-0.15, -0.1) is 11.3 Å². The summed E-state index contributed by atoms with van der Waals surface area (Å²) in [6.07, 6.45) is 2.24. The van der Waals surface area contributed by atoms with Crippen LogP contribution in [0.25, 0.3) is 0 Å². The Hall–Kier alpha value is -1.10. The second-order valence-corrected chi connectivity index (χ2v) is 7.66. The standard InChI is InChI=1S/C11H13N3O2S2/c12-5-9-8-3-4-13-6-10(8)17-11(9)14-18(15,16)7-1-2-7/h7,13-14H,1-4,6H2. The molecule has 5 nitrogen and oxygen atoms in total. The molecule has 1 fully saturated rings. The normalized spacial score (nSPS) is 19.1. The van der Waals surface area contributed by atoms with Gasteiger partial charge in [-0.05, 0) is 31.4 Å². The highest BCUT2D eigenvalue weighted by Gasteiger charge is 2.37. The average Bonchev–Trinajstić information content (AvgIpc) is 3.12. The zero-order valence-corrected chi connectivity index (χ0v) is 11.3. The van der Waals surface area contributed by atoms with E-state index in [-0.39, 0.29) is 5.25 Å². The summed E-state index contributed by atoms with van der Waals surface area (Å²) in [6, 6.07) is 2.14. The number of hydrogen-bond donors (Lipinski definition) is 2. The molecule has 3 rings (SSSR count). The van der Waals surface area contributed by atoms with Crippen molar-refractivity contribution in [1.82, 2.24) is 5.32 Å². The average molecular weight is 283 g/mol. The summed E-state index contributed by atoms with van der Waals surface area (Å²) in [5.74, 6) is 0. The largest absolute Gasteiger partial charge is 0.312 e. The quantitative estimate of drug-likeness (QED) is 0.872. The molecule has 0 radical (unpaired) electrons. The summed E-state index contributed by atoms with van der Waals surface area (Å²) in [6.45, 7) is 1.56. The summed E-state index contributed by atoms with van der Waals surface area (Å²) < 4.78 is 26.4. The number of nitrogens with one attached hydrogen (secondary N) is 2. The van der Waals surface area contributed by atoms with Crippen LogP contribution in [-0.2, 0) is 23.0 Å². The molecule has 2 heterocycles. The summed E-state index contributed by atoms with van der Waals surface area (Å²) in [7, 11) is -3.28. The minimum absolute atomic E-state index is 0.263. The zero-order valence-electron chi connectivity index (χ0n) is 9.69. The van der Waals surface area contributed by atoms with Crippen LogP contribution in [0.1, 0.15) is 28.8 Å². The van der Waals surface area contributed by atoms with Gasteiger partial charge < -0.3 is 5.32 Å². The van der Waals surface area contributed by atoms with Gasteiger partial charge in [0.2, 0.25) is 10.0 Å². The molecule has 2 aliphatic rings. The first-order valence-corrected chi connectivity index (χ1v) is 8.25. The lowest BCUT2D eigenvalue weighted by molar-refractivity contribution is 0.600. The van der Waals surface area contributed by atoms with E-state index < -0.39 is 10.0 Å². The van der Waals surface area contributed by atoms with Gasteiger partial charge in [0.05, 0.1) is 10.8 Å². The van der Waals surface area contributed by atoms with Crippen molar-refractivity contribution in [2.45, 2.75) is 31.1 Å². The maximum atomic E-state index is 11.9. The van der Waals surface area contributed by atoms with Crippen molar-refractivity contribution >= 4 is 26.4 Å². The first-order chi connectivity index (χ1) is 8.62. The van der Waals surface area contributed by atoms with Crippen molar-refractivity contribution in [1.29, 1.82) is 5.26 Å². The zero-order chi connectivity index (χ0) is 12.8. The number of anilines is 1. The molecule has 1 saturated carbocycles. The van der Waals surface area contributed by atoms with Crippen LogP contribution in [0.15, 0.2) is 0 Å². The SMILES string of the molecule is N#Cc1c(NS(=O)(=O)C2CC2)sc2c1CCNC2. The van der Waals surface area contributed by atoms with Crippen LogP contribution < -0.4 is 10.0 Å². The number of rotatable bonds is 3. The van der Waals surface area contributed by atoms with Crippen molar-refractivity contribution in [3.8, 4) is 6.07 Å². The van der Waals surface area contributed by atoms with Crippen LogP contribution in [0.3, 0.4) is 0 Å². The Bertz CT molecular complexity index is 623. The summed E-state index contributed by atoms with van der Waals surface area (Å²) >= 11 is 1.38. The second-order valence-electron chi connectivity index (χ2n) is 4.59. The van der Waals surface area contributed by atoms with Gasteiger partial charge >= 0.3 is 0 Å². The molecule has 0 aromatic carbocycles. The number of fused-ring (bicyclic) bond motifs is 1. The lowest BCUT2D eigenvalue weighted by atomic mass is 10.1. The van der Waals surface area contributed by atoms with E-state index in [1.807, 2.05) is 0 Å². The Balaban J connectivity index is 1.97. The predicted molar refractivity (Wildman–Crippen MR) is 70.0 cm³/mol. The molecule has 0 saturated heterocycles. The van der Waals surface area contributed by atoms with Gasteiger partial charge in [-0.25, -0.2) is 8.42 Å². The number of nitriles is 1. The molecule has 0 bridgehead atoms. The fraction of sp³-hybridized carbons (Fsp3) is 0.545. The molecule has 2 N–H and O–H groups in total. The van der Waals surface area contributed by atoms with Crippen LogP contribution in [0.4, 0.5) is 5.00 Å². The van der Waals surface area contributed by atoms with E-state index >= 15 is 0 Å². The maximum absolute atomic E-state index is 11.9. The van der Waals surface area contributed by atoms with Gasteiger partial charge in [0.1, 0.15) is 11.1 Å². The summed E-state index contributed by atoms with van der Waals surface area (Å²) in [5.41, 5.74) is 1.52. The highest BCUT2D eigenvalue weighted by Crippen LogP contribution is 2.37.